The molecule has 0 amide bonds. The number of halogens is 3. The van der Waals surface area contributed by atoms with Crippen LogP contribution in [0.15, 0.2) is 66.1 Å². The van der Waals surface area contributed by atoms with Crippen molar-refractivity contribution in [2.45, 2.75) is 23.6 Å². The van der Waals surface area contributed by atoms with E-state index in [9.17, 15) is 18.0 Å². The molecule has 0 atom stereocenters. The minimum Gasteiger partial charge on any atom is -0.465 e. The summed E-state index contributed by atoms with van der Waals surface area (Å²) in [7, 11) is 1.28. The molecule has 6 nitrogen and oxygen atoms in total. The summed E-state index contributed by atoms with van der Waals surface area (Å²) in [6.45, 7) is -1.20. The van der Waals surface area contributed by atoms with Gasteiger partial charge in [-0.15, -0.1) is 10.2 Å². The number of para-hydroxylation sites is 1. The molecular weight excluding hydrogens is 441 g/mol. The second kappa shape index (κ2) is 8.99. The lowest BCUT2D eigenvalue weighted by Gasteiger charge is -2.16. The predicted molar refractivity (Wildman–Crippen MR) is 114 cm³/mol. The number of fused-ring (bicyclic) bond motifs is 1. The number of rotatable bonds is 6. The monoisotopic (exact) mass is 458 g/mol. The zero-order valence-electron chi connectivity index (χ0n) is 16.8. The summed E-state index contributed by atoms with van der Waals surface area (Å²) in [4.78, 5) is 17.5. The molecule has 0 fully saturated rings. The van der Waals surface area contributed by atoms with Crippen molar-refractivity contribution < 1.29 is 22.7 Å². The fourth-order valence-electron chi connectivity index (χ4n) is 3.38. The van der Waals surface area contributed by atoms with Crippen LogP contribution in [-0.4, -0.2) is 39.0 Å². The molecule has 0 bridgehead atoms. The van der Waals surface area contributed by atoms with Crippen molar-refractivity contribution in [1.82, 2.24) is 19.7 Å². The van der Waals surface area contributed by atoms with E-state index in [1.807, 2.05) is 54.6 Å². The van der Waals surface area contributed by atoms with Crippen LogP contribution >= 0.6 is 11.8 Å². The number of methoxy groups -OCH3 is 1. The number of thioether (sulfide) groups is 1. The third kappa shape index (κ3) is 4.59. The Hall–Kier alpha value is -3.40. The molecule has 0 spiro atoms. The maximum Gasteiger partial charge on any atom is 0.406 e. The SMILES string of the molecule is COC(=O)c1c(CSc2nncn2CC(F)(F)F)nc2ccccc2c1-c1ccccc1. The average Bonchev–Trinajstić information content (AvgIpc) is 3.21. The number of pyridine rings is 1. The standard InChI is InChI=1S/C22H17F3N4O2S/c1-31-20(30)19-17(11-32-21-28-26-13-29(21)12-22(23,24)25)27-16-10-6-5-9-15(16)18(19)14-7-3-2-4-8-14/h2-10,13H,11-12H2,1H3. The van der Waals surface area contributed by atoms with Crippen LogP contribution in [0.3, 0.4) is 0 Å². The lowest BCUT2D eigenvalue weighted by Crippen LogP contribution is -2.17. The molecule has 0 aliphatic carbocycles. The molecule has 2 aromatic carbocycles. The quantitative estimate of drug-likeness (QED) is 0.295. The number of esters is 1. The van der Waals surface area contributed by atoms with Gasteiger partial charge in [-0.2, -0.15) is 13.2 Å². The fraction of sp³-hybridized carbons (Fsp3) is 0.182. The lowest BCUT2D eigenvalue weighted by atomic mass is 9.94. The number of ether oxygens (including phenoxy) is 1. The highest BCUT2D eigenvalue weighted by atomic mass is 32.2. The highest BCUT2D eigenvalue weighted by Crippen LogP contribution is 2.35. The van der Waals surface area contributed by atoms with E-state index in [1.54, 1.807) is 0 Å². The fourth-order valence-corrected chi connectivity index (χ4v) is 4.24. The van der Waals surface area contributed by atoms with Crippen molar-refractivity contribution in [1.29, 1.82) is 0 Å². The third-order valence-electron chi connectivity index (χ3n) is 4.69. The van der Waals surface area contributed by atoms with Crippen LogP contribution < -0.4 is 0 Å². The van der Waals surface area contributed by atoms with Crippen molar-refractivity contribution in [2.24, 2.45) is 0 Å². The lowest BCUT2D eigenvalue weighted by molar-refractivity contribution is -0.142. The van der Waals surface area contributed by atoms with Gasteiger partial charge in [-0.3, -0.25) is 9.55 Å². The molecule has 0 saturated heterocycles. The number of carbonyl (C=O) groups is 1. The highest BCUT2D eigenvalue weighted by Gasteiger charge is 2.30. The molecule has 164 valence electrons. The van der Waals surface area contributed by atoms with Crippen LogP contribution in [0.1, 0.15) is 16.1 Å². The predicted octanol–water partition coefficient (Wildman–Crippen LogP) is 5.13. The molecule has 10 heteroatoms. The van der Waals surface area contributed by atoms with Gasteiger partial charge in [0.1, 0.15) is 12.9 Å². The van der Waals surface area contributed by atoms with E-state index in [0.717, 1.165) is 33.6 Å². The Morgan fingerprint density at radius 1 is 1.09 bits per heavy atom. The first-order valence-corrected chi connectivity index (χ1v) is 10.5. The number of nitrogens with zero attached hydrogens (tertiary/aromatic N) is 4. The van der Waals surface area contributed by atoms with Crippen LogP contribution in [0.4, 0.5) is 13.2 Å². The van der Waals surface area contributed by atoms with Crippen LogP contribution in [-0.2, 0) is 17.0 Å². The van der Waals surface area contributed by atoms with Crippen molar-refractivity contribution in [3.05, 3.63) is 72.2 Å². The summed E-state index contributed by atoms with van der Waals surface area (Å²) in [5.74, 6) is -0.472. The minimum atomic E-state index is -4.41. The number of carbonyl (C=O) groups excluding carboxylic acids is 1. The number of alkyl halides is 3. The maximum absolute atomic E-state index is 12.8. The topological polar surface area (TPSA) is 69.9 Å². The molecular formula is C22H17F3N4O2S. The Labute approximate surface area is 185 Å². The summed E-state index contributed by atoms with van der Waals surface area (Å²) in [6, 6.07) is 16.7. The Kier molecular flexibility index (Phi) is 6.13. The molecule has 2 heterocycles. The molecule has 4 aromatic rings. The normalized spacial score (nSPS) is 11.6. The van der Waals surface area contributed by atoms with Gasteiger partial charge in [0.05, 0.1) is 23.9 Å². The molecule has 0 N–H and O–H groups in total. The Morgan fingerprint density at radius 2 is 1.81 bits per heavy atom. The Bertz CT molecular complexity index is 1260. The summed E-state index contributed by atoms with van der Waals surface area (Å²) >= 11 is 1.02. The average molecular weight is 458 g/mol. The van der Waals surface area contributed by atoms with E-state index in [0.29, 0.717) is 16.8 Å². The Balaban J connectivity index is 1.82. The van der Waals surface area contributed by atoms with Gasteiger partial charge in [-0.1, -0.05) is 60.3 Å². The molecule has 0 aliphatic rings. The molecule has 0 unspecified atom stereocenters. The molecule has 32 heavy (non-hydrogen) atoms. The number of aromatic nitrogens is 4. The minimum absolute atomic E-state index is 0.0781. The van der Waals surface area contributed by atoms with Crippen LogP contribution in [0, 0.1) is 0 Å². The van der Waals surface area contributed by atoms with Gasteiger partial charge < -0.3 is 4.74 Å². The van der Waals surface area contributed by atoms with E-state index in [4.69, 9.17) is 4.74 Å². The van der Waals surface area contributed by atoms with E-state index in [1.165, 1.54) is 7.11 Å². The molecule has 0 saturated carbocycles. The van der Waals surface area contributed by atoms with Gasteiger partial charge in [-0.05, 0) is 11.6 Å². The highest BCUT2D eigenvalue weighted by molar-refractivity contribution is 7.98. The van der Waals surface area contributed by atoms with Gasteiger partial charge in [-0.25, -0.2) is 4.79 Å². The van der Waals surface area contributed by atoms with Gasteiger partial charge in [0.15, 0.2) is 5.16 Å². The Morgan fingerprint density at radius 3 is 2.53 bits per heavy atom. The number of benzene rings is 2. The van der Waals surface area contributed by atoms with Crippen molar-refractivity contribution in [3.8, 4) is 11.1 Å². The van der Waals surface area contributed by atoms with E-state index < -0.39 is 18.7 Å². The van der Waals surface area contributed by atoms with Crippen LogP contribution in [0.25, 0.3) is 22.0 Å². The summed E-state index contributed by atoms with van der Waals surface area (Å²) < 4.78 is 44.5. The number of hydrogen-bond acceptors (Lipinski definition) is 6. The van der Waals surface area contributed by atoms with Gasteiger partial charge in [0.25, 0.3) is 0 Å². The largest absolute Gasteiger partial charge is 0.465 e. The van der Waals surface area contributed by atoms with Crippen molar-refractivity contribution in [2.75, 3.05) is 7.11 Å². The smallest absolute Gasteiger partial charge is 0.406 e. The molecule has 2 aromatic heterocycles. The summed E-state index contributed by atoms with van der Waals surface area (Å²) in [5, 5.41) is 8.22. The second-order valence-corrected chi connectivity index (χ2v) is 7.77. The maximum atomic E-state index is 12.8. The first kappa shape index (κ1) is 21.8. The van der Waals surface area contributed by atoms with Crippen LogP contribution in [0.5, 0.6) is 0 Å². The second-order valence-electron chi connectivity index (χ2n) is 6.83. The zero-order chi connectivity index (χ0) is 22.7. The van der Waals surface area contributed by atoms with E-state index in [2.05, 4.69) is 15.2 Å². The molecule has 0 aliphatic heterocycles. The van der Waals surface area contributed by atoms with Gasteiger partial charge >= 0.3 is 12.1 Å². The summed E-state index contributed by atoms with van der Waals surface area (Å²) in [5.41, 5.74) is 2.78. The van der Waals surface area contributed by atoms with E-state index >= 15 is 0 Å². The number of hydrogen-bond donors (Lipinski definition) is 0. The van der Waals surface area contributed by atoms with Crippen molar-refractivity contribution >= 4 is 28.6 Å². The zero-order valence-corrected chi connectivity index (χ0v) is 17.7. The van der Waals surface area contributed by atoms with Crippen molar-refractivity contribution in [3.63, 3.8) is 0 Å². The summed E-state index contributed by atoms with van der Waals surface area (Å²) in [6.07, 6.45) is -3.38. The first-order chi connectivity index (χ1) is 15.4. The first-order valence-electron chi connectivity index (χ1n) is 9.50. The third-order valence-corrected chi connectivity index (χ3v) is 5.68. The molecule has 0 radical (unpaired) electrons. The van der Waals surface area contributed by atoms with Gasteiger partial charge in [0.2, 0.25) is 0 Å². The van der Waals surface area contributed by atoms with Gasteiger partial charge in [0, 0.05) is 16.7 Å². The molecule has 4 rings (SSSR count). The van der Waals surface area contributed by atoms with E-state index in [-0.39, 0.29) is 16.5 Å². The van der Waals surface area contributed by atoms with Crippen LogP contribution in [0.2, 0.25) is 0 Å².